The van der Waals surface area contributed by atoms with Gasteiger partial charge >= 0.3 is 0 Å². The van der Waals surface area contributed by atoms with Gasteiger partial charge in [0.1, 0.15) is 25.4 Å². The smallest absolute Gasteiger partial charge is 0.255 e. The third kappa shape index (κ3) is 3.88. The molecule has 4 rings (SSSR count). The fraction of sp³-hybridized carbons (Fsp3) is 0.263. The van der Waals surface area contributed by atoms with Crippen molar-refractivity contribution in [1.82, 2.24) is 25.1 Å². The molecule has 2 N–H and O–H groups in total. The number of amides is 1. The number of rotatable bonds is 6. The highest BCUT2D eigenvalue weighted by Crippen LogP contribution is 2.33. The number of nitrogens with zero attached hydrogens (tertiary/aromatic N) is 4. The van der Waals surface area contributed by atoms with Crippen LogP contribution in [0.1, 0.15) is 16.1 Å². The molecule has 0 atom stereocenters. The summed E-state index contributed by atoms with van der Waals surface area (Å²) in [6, 6.07) is 8.99. The van der Waals surface area contributed by atoms with Gasteiger partial charge in [-0.3, -0.25) is 4.79 Å². The fourth-order valence-electron chi connectivity index (χ4n) is 2.83. The van der Waals surface area contributed by atoms with Gasteiger partial charge in [0.05, 0.1) is 11.3 Å². The standard InChI is InChI=1S/C19H20N6O3/c1-13-5-8-25(24-13)17-11-16(22-12-23-17)20-6-7-21-19(26)14-3-2-4-15-18(14)28-10-9-27-15/h2-5,8,11-12H,6-7,9-10H2,1H3,(H,21,26)(H,20,22,23). The summed E-state index contributed by atoms with van der Waals surface area (Å²) in [6.07, 6.45) is 3.31. The number of nitrogens with one attached hydrogen (secondary N) is 2. The zero-order valence-corrected chi connectivity index (χ0v) is 15.4. The second kappa shape index (κ2) is 7.95. The molecule has 9 nitrogen and oxygen atoms in total. The van der Waals surface area contributed by atoms with Crippen LogP contribution in [0.5, 0.6) is 11.5 Å². The molecule has 3 heterocycles. The highest BCUT2D eigenvalue weighted by molar-refractivity contribution is 5.97. The first-order valence-corrected chi connectivity index (χ1v) is 8.96. The zero-order valence-electron chi connectivity index (χ0n) is 15.4. The Morgan fingerprint density at radius 3 is 2.93 bits per heavy atom. The summed E-state index contributed by atoms with van der Waals surface area (Å²) in [4.78, 5) is 20.9. The summed E-state index contributed by atoms with van der Waals surface area (Å²) in [5.74, 6) is 2.21. The Morgan fingerprint density at radius 1 is 1.18 bits per heavy atom. The molecule has 0 bridgehead atoms. The van der Waals surface area contributed by atoms with Gasteiger partial charge in [-0.1, -0.05) is 6.07 Å². The first kappa shape index (κ1) is 17.8. The molecule has 144 valence electrons. The molecule has 0 saturated carbocycles. The van der Waals surface area contributed by atoms with Crippen molar-refractivity contribution in [2.45, 2.75) is 6.92 Å². The number of anilines is 1. The third-order valence-electron chi connectivity index (χ3n) is 4.14. The van der Waals surface area contributed by atoms with Crippen LogP contribution in [0, 0.1) is 6.92 Å². The average Bonchev–Trinajstić information content (AvgIpc) is 3.17. The minimum atomic E-state index is -0.209. The molecule has 0 fully saturated rings. The van der Waals surface area contributed by atoms with E-state index in [9.17, 15) is 4.79 Å². The molecule has 0 unspecified atom stereocenters. The first-order valence-electron chi connectivity index (χ1n) is 8.96. The van der Waals surface area contributed by atoms with Crippen LogP contribution in [0.15, 0.2) is 42.9 Å². The van der Waals surface area contributed by atoms with Crippen LogP contribution < -0.4 is 20.1 Å². The number of benzene rings is 1. The molecular formula is C19H20N6O3. The number of aryl methyl sites for hydroxylation is 1. The summed E-state index contributed by atoms with van der Waals surface area (Å²) in [5.41, 5.74) is 1.38. The predicted molar refractivity (Wildman–Crippen MR) is 102 cm³/mol. The lowest BCUT2D eigenvalue weighted by Gasteiger charge is -2.20. The number of ether oxygens (including phenoxy) is 2. The van der Waals surface area contributed by atoms with Crippen LogP contribution in [0.4, 0.5) is 5.82 Å². The highest BCUT2D eigenvalue weighted by atomic mass is 16.6. The Bertz CT molecular complexity index is 987. The van der Waals surface area contributed by atoms with Crippen molar-refractivity contribution in [3.05, 3.63) is 54.1 Å². The Kier molecular flexibility index (Phi) is 5.05. The van der Waals surface area contributed by atoms with E-state index in [0.29, 0.717) is 55.0 Å². The van der Waals surface area contributed by atoms with Crippen LogP contribution in [-0.4, -0.2) is 52.0 Å². The molecule has 28 heavy (non-hydrogen) atoms. The van der Waals surface area contributed by atoms with Gasteiger partial charge in [-0.05, 0) is 25.1 Å². The maximum atomic E-state index is 12.5. The summed E-state index contributed by atoms with van der Waals surface area (Å²) in [5, 5.41) is 10.4. The molecule has 0 saturated heterocycles. The normalized spacial score (nSPS) is 12.5. The minimum Gasteiger partial charge on any atom is -0.486 e. The van der Waals surface area contributed by atoms with Crippen LogP contribution >= 0.6 is 0 Å². The van der Waals surface area contributed by atoms with Crippen molar-refractivity contribution in [2.75, 3.05) is 31.6 Å². The Morgan fingerprint density at radius 2 is 2.07 bits per heavy atom. The van der Waals surface area contributed by atoms with Crippen LogP contribution in [0.3, 0.4) is 0 Å². The average molecular weight is 380 g/mol. The quantitative estimate of drug-likeness (QED) is 0.626. The number of carbonyl (C=O) groups is 1. The van der Waals surface area contributed by atoms with Crippen LogP contribution in [0.2, 0.25) is 0 Å². The van der Waals surface area contributed by atoms with E-state index in [-0.39, 0.29) is 5.91 Å². The lowest BCUT2D eigenvalue weighted by Crippen LogP contribution is -2.30. The van der Waals surface area contributed by atoms with E-state index < -0.39 is 0 Å². The highest BCUT2D eigenvalue weighted by Gasteiger charge is 2.19. The van der Waals surface area contributed by atoms with Crippen molar-refractivity contribution in [3.63, 3.8) is 0 Å². The van der Waals surface area contributed by atoms with Gasteiger partial charge in [0, 0.05) is 25.4 Å². The van der Waals surface area contributed by atoms with E-state index in [1.54, 1.807) is 28.9 Å². The maximum Gasteiger partial charge on any atom is 0.255 e. The summed E-state index contributed by atoms with van der Waals surface area (Å²) < 4.78 is 12.8. The van der Waals surface area contributed by atoms with Crippen molar-refractivity contribution in [2.24, 2.45) is 0 Å². The Hall–Kier alpha value is -3.62. The number of hydrogen-bond donors (Lipinski definition) is 2. The van der Waals surface area contributed by atoms with Gasteiger partial charge in [-0.15, -0.1) is 0 Å². The third-order valence-corrected chi connectivity index (χ3v) is 4.14. The van der Waals surface area contributed by atoms with E-state index in [1.165, 1.54) is 6.33 Å². The van der Waals surface area contributed by atoms with Crippen LogP contribution in [-0.2, 0) is 0 Å². The molecule has 1 aromatic carbocycles. The van der Waals surface area contributed by atoms with Gasteiger partial charge in [-0.2, -0.15) is 5.10 Å². The first-order chi connectivity index (χ1) is 13.7. The van der Waals surface area contributed by atoms with Crippen molar-refractivity contribution < 1.29 is 14.3 Å². The number of carbonyl (C=O) groups excluding carboxylic acids is 1. The van der Waals surface area contributed by atoms with Gasteiger partial charge < -0.3 is 20.1 Å². The summed E-state index contributed by atoms with van der Waals surface area (Å²) in [6.45, 7) is 3.77. The molecule has 3 aromatic rings. The van der Waals surface area contributed by atoms with E-state index in [4.69, 9.17) is 9.47 Å². The SMILES string of the molecule is Cc1ccn(-c2cc(NCCNC(=O)c3cccc4c3OCCO4)ncn2)n1. The zero-order chi connectivity index (χ0) is 19.3. The number of aromatic nitrogens is 4. The predicted octanol–water partition coefficient (Wildman–Crippen LogP) is 1.58. The number of hydrogen-bond acceptors (Lipinski definition) is 7. The van der Waals surface area contributed by atoms with Gasteiger partial charge in [0.15, 0.2) is 17.3 Å². The second-order valence-corrected chi connectivity index (χ2v) is 6.18. The topological polar surface area (TPSA) is 103 Å². The summed E-state index contributed by atoms with van der Waals surface area (Å²) in [7, 11) is 0. The largest absolute Gasteiger partial charge is 0.486 e. The van der Waals surface area contributed by atoms with Crippen molar-refractivity contribution in [3.8, 4) is 17.3 Å². The number of para-hydroxylation sites is 1. The van der Waals surface area contributed by atoms with Gasteiger partial charge in [-0.25, -0.2) is 14.6 Å². The molecule has 0 spiro atoms. The maximum absolute atomic E-state index is 12.5. The Balaban J connectivity index is 1.32. The molecule has 2 aromatic heterocycles. The molecule has 1 amide bonds. The fourth-order valence-corrected chi connectivity index (χ4v) is 2.83. The van der Waals surface area contributed by atoms with E-state index in [2.05, 4.69) is 25.7 Å². The van der Waals surface area contributed by atoms with Gasteiger partial charge in [0.25, 0.3) is 5.91 Å². The lowest BCUT2D eigenvalue weighted by atomic mass is 10.1. The molecule has 1 aliphatic rings. The van der Waals surface area contributed by atoms with E-state index >= 15 is 0 Å². The Labute approximate surface area is 161 Å². The molecular weight excluding hydrogens is 360 g/mol. The van der Waals surface area contributed by atoms with Gasteiger partial charge in [0.2, 0.25) is 0 Å². The van der Waals surface area contributed by atoms with Crippen molar-refractivity contribution >= 4 is 11.7 Å². The summed E-state index contributed by atoms with van der Waals surface area (Å²) >= 11 is 0. The molecule has 0 radical (unpaired) electrons. The second-order valence-electron chi connectivity index (χ2n) is 6.18. The van der Waals surface area contributed by atoms with E-state index in [0.717, 1.165) is 5.69 Å². The number of fused-ring (bicyclic) bond motifs is 1. The minimum absolute atomic E-state index is 0.209. The molecule has 9 heteroatoms. The monoisotopic (exact) mass is 380 g/mol. The lowest BCUT2D eigenvalue weighted by molar-refractivity contribution is 0.0944. The van der Waals surface area contributed by atoms with Crippen molar-refractivity contribution in [1.29, 1.82) is 0 Å². The van der Waals surface area contributed by atoms with E-state index in [1.807, 2.05) is 19.2 Å². The molecule has 1 aliphatic heterocycles. The molecule has 0 aliphatic carbocycles. The van der Waals surface area contributed by atoms with Crippen LogP contribution in [0.25, 0.3) is 5.82 Å².